The molecule has 166 valence electrons. The molecule has 0 radical (unpaired) electrons. The number of hydrogen-bond acceptors (Lipinski definition) is 5. The molecular formula is C25H23N5O3. The summed E-state index contributed by atoms with van der Waals surface area (Å²) < 4.78 is 6.96. The van der Waals surface area contributed by atoms with Gasteiger partial charge in [-0.1, -0.05) is 18.2 Å². The molecule has 33 heavy (non-hydrogen) atoms. The van der Waals surface area contributed by atoms with Gasteiger partial charge in [0.2, 0.25) is 11.8 Å². The van der Waals surface area contributed by atoms with E-state index in [0.717, 1.165) is 28.1 Å². The average molecular weight is 441 g/mol. The number of amides is 2. The summed E-state index contributed by atoms with van der Waals surface area (Å²) in [5.74, 6) is -0.000564. The van der Waals surface area contributed by atoms with Crippen molar-refractivity contribution in [2.45, 2.75) is 13.3 Å². The molecule has 0 saturated carbocycles. The maximum Gasteiger partial charge on any atom is 0.229 e. The van der Waals surface area contributed by atoms with Crippen molar-refractivity contribution in [2.75, 3.05) is 23.9 Å². The first kappa shape index (κ1) is 20.7. The lowest BCUT2D eigenvalue weighted by Crippen LogP contribution is -2.28. The van der Waals surface area contributed by atoms with Gasteiger partial charge in [-0.3, -0.25) is 9.59 Å². The second kappa shape index (κ2) is 8.38. The molecule has 1 aliphatic heterocycles. The maximum atomic E-state index is 12.9. The summed E-state index contributed by atoms with van der Waals surface area (Å²) in [7, 11) is 1.59. The van der Waals surface area contributed by atoms with Crippen LogP contribution in [0.15, 0.2) is 66.9 Å². The van der Waals surface area contributed by atoms with Crippen molar-refractivity contribution in [1.82, 2.24) is 14.8 Å². The molecule has 0 aliphatic carbocycles. The lowest BCUT2D eigenvalue weighted by Gasteiger charge is -2.17. The molecule has 1 saturated heterocycles. The van der Waals surface area contributed by atoms with Gasteiger partial charge in [0.25, 0.3) is 0 Å². The molecule has 0 spiro atoms. The number of aryl methyl sites for hydroxylation is 1. The van der Waals surface area contributed by atoms with Crippen molar-refractivity contribution in [1.29, 1.82) is 0 Å². The van der Waals surface area contributed by atoms with Crippen molar-refractivity contribution in [3.63, 3.8) is 0 Å². The fourth-order valence-electron chi connectivity index (χ4n) is 4.10. The number of methoxy groups -OCH3 is 1. The summed E-state index contributed by atoms with van der Waals surface area (Å²) in [6, 6.07) is 18.9. The van der Waals surface area contributed by atoms with Crippen LogP contribution in [0.2, 0.25) is 0 Å². The number of carbonyl (C=O) groups excluding carboxylic acids is 2. The average Bonchev–Trinajstić information content (AvgIpc) is 3.40. The molecular weight excluding hydrogens is 418 g/mol. The molecule has 0 bridgehead atoms. The first-order valence-electron chi connectivity index (χ1n) is 10.7. The Balaban J connectivity index is 1.33. The van der Waals surface area contributed by atoms with Gasteiger partial charge < -0.3 is 15.0 Å². The highest BCUT2D eigenvalue weighted by Crippen LogP contribution is 2.28. The molecule has 1 fully saturated rings. The molecule has 1 aliphatic rings. The topological polar surface area (TPSA) is 89.3 Å². The number of aromatic nitrogens is 3. The van der Waals surface area contributed by atoms with Crippen LogP contribution in [0.5, 0.6) is 5.75 Å². The molecule has 2 amide bonds. The summed E-state index contributed by atoms with van der Waals surface area (Å²) >= 11 is 0. The van der Waals surface area contributed by atoms with E-state index in [1.54, 1.807) is 35.0 Å². The van der Waals surface area contributed by atoms with Crippen molar-refractivity contribution in [3.8, 4) is 11.4 Å². The second-order valence-corrected chi connectivity index (χ2v) is 8.02. The van der Waals surface area contributed by atoms with Crippen molar-refractivity contribution in [3.05, 3.63) is 72.6 Å². The zero-order chi connectivity index (χ0) is 22.9. The molecule has 1 unspecified atom stereocenters. The van der Waals surface area contributed by atoms with E-state index in [2.05, 4.69) is 15.4 Å². The molecule has 2 aromatic heterocycles. The Hall–Kier alpha value is -4.20. The van der Waals surface area contributed by atoms with Gasteiger partial charge in [-0.2, -0.15) is 5.10 Å². The lowest BCUT2D eigenvalue weighted by atomic mass is 10.1. The van der Waals surface area contributed by atoms with Crippen LogP contribution in [0.3, 0.4) is 0 Å². The predicted octanol–water partition coefficient (Wildman–Crippen LogP) is 3.73. The van der Waals surface area contributed by atoms with E-state index >= 15 is 0 Å². The fraction of sp³-hybridized carbons (Fsp3) is 0.200. The highest BCUT2D eigenvalue weighted by molar-refractivity contribution is 6.04. The van der Waals surface area contributed by atoms with Gasteiger partial charge in [-0.05, 0) is 49.4 Å². The zero-order valence-electron chi connectivity index (χ0n) is 18.4. The number of benzene rings is 2. The van der Waals surface area contributed by atoms with Gasteiger partial charge in [-0.15, -0.1) is 0 Å². The lowest BCUT2D eigenvalue weighted by molar-refractivity contribution is -0.122. The number of nitrogens with zero attached hydrogens (tertiary/aromatic N) is 4. The number of carbonyl (C=O) groups is 2. The molecule has 8 nitrogen and oxygen atoms in total. The SMILES string of the molecule is COc1ccc(N2CC(C(=O)Nc3cnc4c(c3)c(C)nn4-c3ccccc3)CC2=O)cc1. The Morgan fingerprint density at radius 2 is 1.85 bits per heavy atom. The minimum absolute atomic E-state index is 0.0751. The van der Waals surface area contributed by atoms with Crippen LogP contribution in [0.25, 0.3) is 16.7 Å². The van der Waals surface area contributed by atoms with Gasteiger partial charge in [-0.25, -0.2) is 9.67 Å². The Kier molecular flexibility index (Phi) is 5.26. The third kappa shape index (κ3) is 3.91. The quantitative estimate of drug-likeness (QED) is 0.510. The molecule has 4 aromatic rings. The highest BCUT2D eigenvalue weighted by atomic mass is 16.5. The number of anilines is 2. The number of pyridine rings is 1. The third-order valence-corrected chi connectivity index (χ3v) is 5.86. The van der Waals surface area contributed by atoms with Crippen LogP contribution in [0.4, 0.5) is 11.4 Å². The Labute approximate surface area is 190 Å². The van der Waals surface area contributed by atoms with Gasteiger partial charge >= 0.3 is 0 Å². The van der Waals surface area contributed by atoms with E-state index in [1.165, 1.54) is 0 Å². The van der Waals surface area contributed by atoms with Crippen molar-refractivity contribution >= 4 is 34.2 Å². The molecule has 8 heteroatoms. The largest absolute Gasteiger partial charge is 0.497 e. The van der Waals surface area contributed by atoms with Crippen molar-refractivity contribution in [2.24, 2.45) is 5.92 Å². The normalized spacial score (nSPS) is 15.8. The number of nitrogens with one attached hydrogen (secondary N) is 1. The van der Waals surface area contributed by atoms with Crippen LogP contribution >= 0.6 is 0 Å². The third-order valence-electron chi connectivity index (χ3n) is 5.86. The minimum Gasteiger partial charge on any atom is -0.497 e. The number of ether oxygens (including phenoxy) is 1. The summed E-state index contributed by atoms with van der Waals surface area (Å²) in [5.41, 5.74) is 3.79. The van der Waals surface area contributed by atoms with Crippen LogP contribution in [-0.2, 0) is 9.59 Å². The Morgan fingerprint density at radius 1 is 1.09 bits per heavy atom. The first-order chi connectivity index (χ1) is 16.0. The Bertz CT molecular complexity index is 1330. The van der Waals surface area contributed by atoms with Gasteiger partial charge in [0.15, 0.2) is 5.65 Å². The molecule has 3 heterocycles. The number of para-hydroxylation sites is 1. The smallest absolute Gasteiger partial charge is 0.229 e. The van der Waals surface area contributed by atoms with Gasteiger partial charge in [0, 0.05) is 24.0 Å². The maximum absolute atomic E-state index is 12.9. The number of rotatable bonds is 5. The summed E-state index contributed by atoms with van der Waals surface area (Å²) in [6.07, 6.45) is 1.79. The van der Waals surface area contributed by atoms with Crippen LogP contribution < -0.4 is 15.0 Å². The number of fused-ring (bicyclic) bond motifs is 1. The molecule has 2 aromatic carbocycles. The highest BCUT2D eigenvalue weighted by Gasteiger charge is 2.35. The van der Waals surface area contributed by atoms with E-state index in [-0.39, 0.29) is 18.2 Å². The fourth-order valence-corrected chi connectivity index (χ4v) is 4.10. The number of hydrogen-bond donors (Lipinski definition) is 1. The molecule has 1 N–H and O–H groups in total. The van der Waals surface area contributed by atoms with E-state index < -0.39 is 5.92 Å². The van der Waals surface area contributed by atoms with Crippen LogP contribution in [0.1, 0.15) is 12.1 Å². The van der Waals surface area contributed by atoms with E-state index in [4.69, 9.17) is 4.74 Å². The van der Waals surface area contributed by atoms with Gasteiger partial charge in [0.05, 0.1) is 36.3 Å². The predicted molar refractivity (Wildman–Crippen MR) is 126 cm³/mol. The zero-order valence-corrected chi connectivity index (χ0v) is 18.4. The van der Waals surface area contributed by atoms with Gasteiger partial charge in [0.1, 0.15) is 5.75 Å². The summed E-state index contributed by atoms with van der Waals surface area (Å²) in [4.78, 5) is 31.7. The first-order valence-corrected chi connectivity index (χ1v) is 10.7. The summed E-state index contributed by atoms with van der Waals surface area (Å²) in [6.45, 7) is 2.25. The Morgan fingerprint density at radius 3 is 2.58 bits per heavy atom. The van der Waals surface area contributed by atoms with Crippen LogP contribution in [0, 0.1) is 12.8 Å². The van der Waals surface area contributed by atoms with Crippen LogP contribution in [-0.4, -0.2) is 40.2 Å². The van der Waals surface area contributed by atoms with E-state index in [9.17, 15) is 9.59 Å². The van der Waals surface area contributed by atoms with E-state index in [1.807, 2.05) is 55.5 Å². The summed E-state index contributed by atoms with van der Waals surface area (Å²) in [5, 5.41) is 8.39. The monoisotopic (exact) mass is 441 g/mol. The van der Waals surface area contributed by atoms with E-state index in [0.29, 0.717) is 18.0 Å². The minimum atomic E-state index is -0.441. The second-order valence-electron chi connectivity index (χ2n) is 8.02. The standard InChI is InChI=1S/C25H23N5O3/c1-16-22-13-18(14-26-24(22)30(28-16)20-6-4-3-5-7-20)27-25(32)17-12-23(31)29(15-17)19-8-10-21(33-2)11-9-19/h3-11,13-14,17H,12,15H2,1-2H3,(H,27,32). The molecule has 1 atom stereocenters. The van der Waals surface area contributed by atoms with Crippen molar-refractivity contribution < 1.29 is 14.3 Å². The molecule has 5 rings (SSSR count).